The number of rotatable bonds is 2. The molecule has 1 nitrogen and oxygen atoms in total. The fourth-order valence-electron chi connectivity index (χ4n) is 1.67. The predicted molar refractivity (Wildman–Crippen MR) is 54.3 cm³/mol. The Labute approximate surface area is 76.8 Å². The molecule has 3 unspecified atom stereocenters. The maximum Gasteiger partial charge on any atom is 0.0110 e. The lowest BCUT2D eigenvalue weighted by atomic mass is 9.87. The molecule has 0 radical (unpaired) electrons. The van der Waals surface area contributed by atoms with Crippen molar-refractivity contribution >= 4 is 8.81 Å². The van der Waals surface area contributed by atoms with Crippen molar-refractivity contribution in [2.24, 2.45) is 11.8 Å². The molecule has 68 valence electrons. The molecule has 1 aliphatic carbocycles. The molecule has 0 amide bonds. The predicted octanol–water partition coefficient (Wildman–Crippen LogP) is 2.40. The van der Waals surface area contributed by atoms with Gasteiger partial charge in [0.2, 0.25) is 0 Å². The summed E-state index contributed by atoms with van der Waals surface area (Å²) >= 11 is 0. The molecule has 2 heteroatoms. The standard InChI is InChI=1S/C10H17OP/c1-9-6-4-2-3-5-7-10(9)8-12-11/h9-12H,4-8H2,1H3. The third-order valence-corrected chi connectivity index (χ3v) is 3.35. The highest BCUT2D eigenvalue weighted by molar-refractivity contribution is 7.31. The molecule has 12 heavy (non-hydrogen) atoms. The summed E-state index contributed by atoms with van der Waals surface area (Å²) in [5.41, 5.74) is 0. The third kappa shape index (κ3) is 3.13. The van der Waals surface area contributed by atoms with E-state index >= 15 is 0 Å². The largest absolute Gasteiger partial charge is 0.377 e. The first kappa shape index (κ1) is 10.0. The Morgan fingerprint density at radius 3 is 2.67 bits per heavy atom. The Kier molecular flexibility index (Phi) is 4.66. The van der Waals surface area contributed by atoms with Crippen LogP contribution in [0.25, 0.3) is 0 Å². The Morgan fingerprint density at radius 1 is 1.33 bits per heavy atom. The van der Waals surface area contributed by atoms with Gasteiger partial charge in [-0.15, -0.1) is 11.8 Å². The minimum atomic E-state index is 0.121. The van der Waals surface area contributed by atoms with E-state index in [1.807, 2.05) is 0 Å². The van der Waals surface area contributed by atoms with Gasteiger partial charge in [-0.3, -0.25) is 0 Å². The van der Waals surface area contributed by atoms with Gasteiger partial charge in [0.25, 0.3) is 0 Å². The van der Waals surface area contributed by atoms with Crippen LogP contribution in [0, 0.1) is 23.7 Å². The lowest BCUT2D eigenvalue weighted by molar-refractivity contribution is 0.349. The van der Waals surface area contributed by atoms with E-state index in [4.69, 9.17) is 4.89 Å². The van der Waals surface area contributed by atoms with Gasteiger partial charge in [-0.2, -0.15) is 0 Å². The van der Waals surface area contributed by atoms with E-state index in [1.54, 1.807) is 0 Å². The van der Waals surface area contributed by atoms with Crippen molar-refractivity contribution in [1.82, 2.24) is 0 Å². The minimum Gasteiger partial charge on any atom is -0.377 e. The zero-order chi connectivity index (χ0) is 8.81. The average molecular weight is 184 g/mol. The van der Waals surface area contributed by atoms with Crippen molar-refractivity contribution in [3.8, 4) is 11.8 Å². The van der Waals surface area contributed by atoms with Crippen molar-refractivity contribution in [1.29, 1.82) is 0 Å². The van der Waals surface area contributed by atoms with E-state index in [-0.39, 0.29) is 8.81 Å². The lowest BCUT2D eigenvalue weighted by Gasteiger charge is -2.22. The summed E-state index contributed by atoms with van der Waals surface area (Å²) in [5.74, 6) is 7.80. The Hall–Kier alpha value is -0.0500. The smallest absolute Gasteiger partial charge is 0.0110 e. The maximum atomic E-state index is 8.89. The molecule has 0 saturated heterocycles. The lowest BCUT2D eigenvalue weighted by Crippen LogP contribution is -2.14. The molecular weight excluding hydrogens is 167 g/mol. The molecule has 3 atom stereocenters. The zero-order valence-corrected chi connectivity index (χ0v) is 8.64. The summed E-state index contributed by atoms with van der Waals surface area (Å²) < 4.78 is 0. The van der Waals surface area contributed by atoms with Crippen molar-refractivity contribution in [3.05, 3.63) is 0 Å². The van der Waals surface area contributed by atoms with Gasteiger partial charge in [0.15, 0.2) is 0 Å². The van der Waals surface area contributed by atoms with Gasteiger partial charge in [0.1, 0.15) is 0 Å². The quantitative estimate of drug-likeness (QED) is 0.516. The van der Waals surface area contributed by atoms with Crippen LogP contribution in [-0.2, 0) is 0 Å². The molecule has 1 aliphatic rings. The van der Waals surface area contributed by atoms with Gasteiger partial charge in [0.05, 0.1) is 0 Å². The number of hydrogen-bond acceptors (Lipinski definition) is 1. The summed E-state index contributed by atoms with van der Waals surface area (Å²) in [7, 11) is 0.121. The Balaban J connectivity index is 2.43. The van der Waals surface area contributed by atoms with Crippen LogP contribution in [0.2, 0.25) is 0 Å². The number of hydrogen-bond donors (Lipinski definition) is 1. The monoisotopic (exact) mass is 184 g/mol. The molecule has 0 bridgehead atoms. The first-order valence-electron chi connectivity index (χ1n) is 4.67. The fourth-order valence-corrected chi connectivity index (χ4v) is 2.52. The van der Waals surface area contributed by atoms with Gasteiger partial charge in [-0.05, 0) is 30.8 Å². The van der Waals surface area contributed by atoms with Crippen molar-refractivity contribution < 1.29 is 4.89 Å². The highest BCUT2D eigenvalue weighted by atomic mass is 31.1. The van der Waals surface area contributed by atoms with E-state index in [1.165, 1.54) is 12.8 Å². The Bertz CT molecular complexity index is 180. The molecule has 0 aliphatic heterocycles. The van der Waals surface area contributed by atoms with E-state index in [2.05, 4.69) is 18.8 Å². The summed E-state index contributed by atoms with van der Waals surface area (Å²) in [6.07, 6.45) is 5.46. The first-order chi connectivity index (χ1) is 5.84. The summed E-state index contributed by atoms with van der Waals surface area (Å²) in [6.45, 7) is 2.29. The van der Waals surface area contributed by atoms with Gasteiger partial charge in [-0.1, -0.05) is 6.92 Å². The van der Waals surface area contributed by atoms with Crippen molar-refractivity contribution in [3.63, 3.8) is 0 Å². The normalized spacial score (nSPS) is 30.8. The molecule has 0 aromatic rings. The van der Waals surface area contributed by atoms with E-state index in [0.29, 0.717) is 5.92 Å². The van der Waals surface area contributed by atoms with Gasteiger partial charge in [-0.25, -0.2) is 0 Å². The highest BCUT2D eigenvalue weighted by Gasteiger charge is 2.16. The zero-order valence-electron chi connectivity index (χ0n) is 7.64. The van der Waals surface area contributed by atoms with Gasteiger partial charge < -0.3 is 4.89 Å². The topological polar surface area (TPSA) is 20.2 Å². The molecule has 1 N–H and O–H groups in total. The molecular formula is C10H17OP. The SMILES string of the molecule is CC1CCC#CCCC1CPO. The molecule has 0 aromatic heterocycles. The molecule has 0 fully saturated rings. The molecule has 1 rings (SSSR count). The molecule has 0 saturated carbocycles. The van der Waals surface area contributed by atoms with E-state index in [9.17, 15) is 0 Å². The average Bonchev–Trinajstić information content (AvgIpc) is 2.05. The second-order valence-electron chi connectivity index (χ2n) is 3.53. The second-order valence-corrected chi connectivity index (χ2v) is 4.25. The first-order valence-corrected chi connectivity index (χ1v) is 5.82. The molecule has 0 aromatic carbocycles. The Morgan fingerprint density at radius 2 is 2.00 bits per heavy atom. The third-order valence-electron chi connectivity index (χ3n) is 2.65. The highest BCUT2D eigenvalue weighted by Crippen LogP contribution is 2.27. The van der Waals surface area contributed by atoms with Crippen LogP contribution in [-0.4, -0.2) is 11.1 Å². The maximum absolute atomic E-state index is 8.89. The summed E-state index contributed by atoms with van der Waals surface area (Å²) in [5, 5.41) is 0. The van der Waals surface area contributed by atoms with Crippen LogP contribution < -0.4 is 0 Å². The van der Waals surface area contributed by atoms with E-state index < -0.39 is 0 Å². The second kappa shape index (κ2) is 5.57. The summed E-state index contributed by atoms with van der Waals surface area (Å²) in [4.78, 5) is 8.89. The van der Waals surface area contributed by atoms with Crippen LogP contribution in [0.1, 0.15) is 32.6 Å². The van der Waals surface area contributed by atoms with Crippen LogP contribution in [0.3, 0.4) is 0 Å². The van der Waals surface area contributed by atoms with Crippen LogP contribution in [0.4, 0.5) is 0 Å². The minimum absolute atomic E-state index is 0.121. The molecule has 0 heterocycles. The summed E-state index contributed by atoms with van der Waals surface area (Å²) in [6, 6.07) is 0. The van der Waals surface area contributed by atoms with Crippen molar-refractivity contribution in [2.75, 3.05) is 6.16 Å². The fraction of sp³-hybridized carbons (Fsp3) is 0.800. The van der Waals surface area contributed by atoms with Crippen LogP contribution in [0.15, 0.2) is 0 Å². The van der Waals surface area contributed by atoms with Gasteiger partial charge in [0, 0.05) is 21.6 Å². The van der Waals surface area contributed by atoms with E-state index in [0.717, 1.165) is 24.9 Å². The molecule has 0 spiro atoms. The van der Waals surface area contributed by atoms with Crippen LogP contribution in [0.5, 0.6) is 0 Å². The van der Waals surface area contributed by atoms with Gasteiger partial charge >= 0.3 is 0 Å². The van der Waals surface area contributed by atoms with Crippen LogP contribution >= 0.6 is 8.81 Å². The van der Waals surface area contributed by atoms with Crippen molar-refractivity contribution in [2.45, 2.75) is 32.6 Å².